The number of nitrogens with two attached hydrogens (primary N) is 1. The Morgan fingerprint density at radius 2 is 1.73 bits per heavy atom. The summed E-state index contributed by atoms with van der Waals surface area (Å²) in [7, 11) is 0. The van der Waals surface area contributed by atoms with Gasteiger partial charge in [-0.05, 0) is 24.3 Å². The van der Waals surface area contributed by atoms with E-state index in [0.717, 1.165) is 15.9 Å². The van der Waals surface area contributed by atoms with Gasteiger partial charge in [-0.3, -0.25) is 0 Å². The molecule has 3 heterocycles. The number of nitrogens with zero attached hydrogens (tertiary/aromatic N) is 6. The van der Waals surface area contributed by atoms with Gasteiger partial charge in [-0.15, -0.1) is 11.3 Å². The maximum absolute atomic E-state index is 12.8. The van der Waals surface area contributed by atoms with Crippen molar-refractivity contribution in [3.63, 3.8) is 0 Å². The predicted molar refractivity (Wildman–Crippen MR) is 124 cm³/mol. The van der Waals surface area contributed by atoms with E-state index in [1.807, 2.05) is 54.6 Å². The summed E-state index contributed by atoms with van der Waals surface area (Å²) in [6.45, 7) is -0.217. The Labute approximate surface area is 191 Å². The summed E-state index contributed by atoms with van der Waals surface area (Å²) in [5, 5.41) is 3.61. The highest BCUT2D eigenvalue weighted by atomic mass is 32.1. The summed E-state index contributed by atoms with van der Waals surface area (Å²) < 4.78 is 6.39. The minimum absolute atomic E-state index is 0.00384. The van der Waals surface area contributed by atoms with Crippen LogP contribution >= 0.6 is 11.3 Å². The molecule has 0 aliphatic rings. The Morgan fingerprint density at radius 3 is 2.58 bits per heavy atom. The van der Waals surface area contributed by atoms with Crippen LogP contribution in [0.4, 0.5) is 17.6 Å². The van der Waals surface area contributed by atoms with Crippen molar-refractivity contribution in [1.29, 1.82) is 0 Å². The summed E-state index contributed by atoms with van der Waals surface area (Å²) in [6.07, 6.45) is 2.93. The molecule has 0 atom stereocenters. The van der Waals surface area contributed by atoms with Gasteiger partial charge in [0.05, 0.1) is 10.2 Å². The Hall–Kier alpha value is -4.51. The Morgan fingerprint density at radius 1 is 0.939 bits per heavy atom. The van der Waals surface area contributed by atoms with E-state index in [-0.39, 0.29) is 30.0 Å². The third-order valence-corrected chi connectivity index (χ3v) is 5.49. The molecule has 5 rings (SSSR count). The van der Waals surface area contributed by atoms with Crippen LogP contribution in [0, 0.1) is 0 Å². The Bertz CT molecular complexity index is 1410. The molecule has 0 aliphatic carbocycles. The number of rotatable bonds is 6. The monoisotopic (exact) mass is 456 g/mol. The average molecular weight is 456 g/mol. The highest BCUT2D eigenvalue weighted by Gasteiger charge is 2.20. The van der Waals surface area contributed by atoms with Crippen LogP contribution in [0.5, 0.6) is 0 Å². The molecule has 3 aromatic heterocycles. The number of benzene rings is 2. The van der Waals surface area contributed by atoms with Crippen molar-refractivity contribution < 1.29 is 9.53 Å². The quantitative estimate of drug-likeness (QED) is 0.364. The number of thiazole rings is 1. The number of fused-ring (bicyclic) bond motifs is 1. The van der Waals surface area contributed by atoms with E-state index in [0.29, 0.717) is 10.7 Å². The Balaban J connectivity index is 1.35. The first-order valence-corrected chi connectivity index (χ1v) is 10.6. The highest BCUT2D eigenvalue weighted by Crippen LogP contribution is 2.30. The number of aromatic nitrogens is 6. The van der Waals surface area contributed by atoms with Crippen LogP contribution in [0.3, 0.4) is 0 Å². The van der Waals surface area contributed by atoms with Gasteiger partial charge in [0.25, 0.3) is 0 Å². The van der Waals surface area contributed by atoms with Crippen molar-refractivity contribution in [2.24, 2.45) is 0 Å². The molecule has 0 unspecified atom stereocenters. The molecule has 0 fully saturated rings. The molecule has 33 heavy (non-hydrogen) atoms. The number of para-hydroxylation sites is 2. The minimum atomic E-state index is -0.672. The molecule has 3 N–H and O–H groups in total. The van der Waals surface area contributed by atoms with Crippen LogP contribution in [0.15, 0.2) is 67.0 Å². The molecule has 0 spiro atoms. The van der Waals surface area contributed by atoms with Crippen molar-refractivity contribution >= 4 is 45.1 Å². The van der Waals surface area contributed by atoms with E-state index < -0.39 is 5.97 Å². The maximum atomic E-state index is 12.8. The average Bonchev–Trinajstić information content (AvgIpc) is 3.27. The summed E-state index contributed by atoms with van der Waals surface area (Å²) in [5.41, 5.74) is 7.81. The fourth-order valence-corrected chi connectivity index (χ4v) is 3.99. The third kappa shape index (κ3) is 4.57. The summed E-state index contributed by atoms with van der Waals surface area (Å²) in [5.74, 6) is -0.229. The number of esters is 1. The molecule has 0 bridgehead atoms. The first-order valence-electron chi connectivity index (χ1n) is 9.82. The molecule has 162 valence electrons. The van der Waals surface area contributed by atoms with E-state index in [2.05, 4.69) is 35.2 Å². The van der Waals surface area contributed by atoms with Gasteiger partial charge in [-0.2, -0.15) is 15.0 Å². The van der Waals surface area contributed by atoms with Crippen molar-refractivity contribution in [3.05, 3.63) is 78.5 Å². The smallest absolute Gasteiger partial charge is 0.359 e. The molecule has 11 heteroatoms. The van der Waals surface area contributed by atoms with E-state index in [9.17, 15) is 4.79 Å². The van der Waals surface area contributed by atoms with Gasteiger partial charge < -0.3 is 15.8 Å². The maximum Gasteiger partial charge on any atom is 0.359 e. The summed E-state index contributed by atoms with van der Waals surface area (Å²) >= 11 is 1.42. The summed E-state index contributed by atoms with van der Waals surface area (Å²) in [4.78, 5) is 38.2. The normalized spacial score (nSPS) is 10.8. The second-order valence-corrected chi connectivity index (χ2v) is 7.77. The lowest BCUT2D eigenvalue weighted by molar-refractivity contribution is 0.0455. The second-order valence-electron chi connectivity index (χ2n) is 6.74. The summed E-state index contributed by atoms with van der Waals surface area (Å²) in [6, 6.07) is 17.0. The van der Waals surface area contributed by atoms with Gasteiger partial charge in [0.2, 0.25) is 11.9 Å². The molecule has 5 aromatic rings. The van der Waals surface area contributed by atoms with E-state index in [1.165, 1.54) is 23.7 Å². The molecule has 0 amide bonds. The van der Waals surface area contributed by atoms with Crippen molar-refractivity contribution in [1.82, 2.24) is 29.9 Å². The van der Waals surface area contributed by atoms with Gasteiger partial charge in [0.1, 0.15) is 10.7 Å². The van der Waals surface area contributed by atoms with Crippen LogP contribution in [0.1, 0.15) is 16.3 Å². The number of hydrogen-bond acceptors (Lipinski definition) is 11. The van der Waals surface area contributed by atoms with E-state index >= 15 is 0 Å². The van der Waals surface area contributed by atoms with Gasteiger partial charge in [-0.25, -0.2) is 19.7 Å². The topological polar surface area (TPSA) is 142 Å². The van der Waals surface area contributed by atoms with Crippen LogP contribution in [0.2, 0.25) is 0 Å². The van der Waals surface area contributed by atoms with Crippen LogP contribution < -0.4 is 11.1 Å². The largest absolute Gasteiger partial charge is 0.453 e. The zero-order valence-corrected chi connectivity index (χ0v) is 17.9. The Kier molecular flexibility index (Phi) is 5.52. The van der Waals surface area contributed by atoms with Gasteiger partial charge in [-0.1, -0.05) is 30.3 Å². The molecule has 0 radical (unpaired) electrons. The first kappa shape index (κ1) is 20.4. The molecule has 0 saturated carbocycles. The molecule has 0 aliphatic heterocycles. The fourth-order valence-electron chi connectivity index (χ4n) is 3.02. The lowest BCUT2D eigenvalue weighted by Crippen LogP contribution is -2.13. The number of carbonyl (C=O) groups is 1. The van der Waals surface area contributed by atoms with Crippen LogP contribution in [-0.2, 0) is 11.3 Å². The third-order valence-electron chi connectivity index (χ3n) is 4.45. The standard InChI is InChI=1S/C22H16N8O2S/c23-21-28-16(29-22(30-21)26-13-6-2-1-3-7-13)12-32-20(31)18-17(24-10-11-25-18)19-27-14-8-4-5-9-15(14)33-19/h1-11H,12H2,(H3,23,26,28,29,30). The van der Waals surface area contributed by atoms with Crippen molar-refractivity contribution in [3.8, 4) is 10.7 Å². The number of nitrogen functional groups attached to an aromatic ring is 1. The SMILES string of the molecule is Nc1nc(COC(=O)c2nccnc2-c2nc3ccccc3s2)nc(Nc2ccccc2)n1. The second kappa shape index (κ2) is 8.93. The van der Waals surface area contributed by atoms with E-state index in [1.54, 1.807) is 0 Å². The molecular weight excluding hydrogens is 440 g/mol. The van der Waals surface area contributed by atoms with Crippen molar-refractivity contribution in [2.45, 2.75) is 6.61 Å². The molecular formula is C22H16N8O2S. The number of carbonyl (C=O) groups excluding carboxylic acids is 1. The zero-order valence-electron chi connectivity index (χ0n) is 17.0. The van der Waals surface area contributed by atoms with Gasteiger partial charge in [0, 0.05) is 18.1 Å². The van der Waals surface area contributed by atoms with Crippen LogP contribution in [-0.4, -0.2) is 35.9 Å². The minimum Gasteiger partial charge on any atom is -0.453 e. The van der Waals surface area contributed by atoms with Gasteiger partial charge >= 0.3 is 5.97 Å². The van der Waals surface area contributed by atoms with E-state index in [4.69, 9.17) is 10.5 Å². The number of anilines is 3. The number of ether oxygens (including phenoxy) is 1. The van der Waals surface area contributed by atoms with Crippen LogP contribution in [0.25, 0.3) is 20.9 Å². The zero-order chi connectivity index (χ0) is 22.6. The molecule has 10 nitrogen and oxygen atoms in total. The lowest BCUT2D eigenvalue weighted by atomic mass is 10.3. The molecule has 0 saturated heterocycles. The van der Waals surface area contributed by atoms with Crippen molar-refractivity contribution in [2.75, 3.05) is 11.1 Å². The van der Waals surface area contributed by atoms with Gasteiger partial charge in [0.15, 0.2) is 18.1 Å². The number of nitrogens with one attached hydrogen (secondary N) is 1. The number of hydrogen-bond donors (Lipinski definition) is 2. The predicted octanol–water partition coefficient (Wildman–Crippen LogP) is 3.62. The fraction of sp³-hybridized carbons (Fsp3) is 0.0455. The lowest BCUT2D eigenvalue weighted by Gasteiger charge is -2.08. The highest BCUT2D eigenvalue weighted by molar-refractivity contribution is 7.21. The molecule has 2 aromatic carbocycles. The first-order chi connectivity index (χ1) is 16.2.